The minimum atomic E-state index is 0.388. The van der Waals surface area contributed by atoms with Crippen LogP contribution in [0.25, 0.3) is 0 Å². The van der Waals surface area contributed by atoms with Gasteiger partial charge in [-0.15, -0.1) is 0 Å². The molecular weight excluding hydrogens is 236 g/mol. The summed E-state index contributed by atoms with van der Waals surface area (Å²) in [6, 6.07) is 0.645. The highest BCUT2D eigenvalue weighted by molar-refractivity contribution is 4.77. The molecular formula is C16H32N2O. The van der Waals surface area contributed by atoms with Gasteiger partial charge in [0.25, 0.3) is 0 Å². The number of nitrogens with one attached hydrogen (secondary N) is 1. The van der Waals surface area contributed by atoms with Crippen molar-refractivity contribution in [2.75, 3.05) is 32.8 Å². The van der Waals surface area contributed by atoms with Gasteiger partial charge in [-0.2, -0.15) is 0 Å². The minimum Gasteiger partial charge on any atom is -0.374 e. The van der Waals surface area contributed by atoms with Crippen molar-refractivity contribution >= 4 is 0 Å². The standard InChI is InChI=1S/C16H32N2O/c1-13(2)18-8-9-19-16(12-18)11-17-10-15-6-4-14(3)5-7-15/h13-17H,4-12H2,1-3H3. The maximum atomic E-state index is 5.86. The summed E-state index contributed by atoms with van der Waals surface area (Å²) in [5.41, 5.74) is 0. The van der Waals surface area contributed by atoms with Crippen LogP contribution in [0.2, 0.25) is 0 Å². The zero-order valence-electron chi connectivity index (χ0n) is 13.0. The van der Waals surface area contributed by atoms with Crippen LogP contribution < -0.4 is 5.32 Å². The number of ether oxygens (including phenoxy) is 1. The van der Waals surface area contributed by atoms with Crippen molar-refractivity contribution in [2.45, 2.75) is 58.6 Å². The van der Waals surface area contributed by atoms with Gasteiger partial charge in [-0.05, 0) is 45.1 Å². The van der Waals surface area contributed by atoms with Gasteiger partial charge in [0.05, 0.1) is 12.7 Å². The number of rotatable bonds is 5. The molecule has 1 aliphatic heterocycles. The Labute approximate surface area is 119 Å². The molecule has 2 fully saturated rings. The third-order valence-electron chi connectivity index (χ3n) is 4.84. The quantitative estimate of drug-likeness (QED) is 0.829. The van der Waals surface area contributed by atoms with Gasteiger partial charge in [-0.1, -0.05) is 19.8 Å². The molecule has 2 rings (SSSR count). The van der Waals surface area contributed by atoms with E-state index in [9.17, 15) is 0 Å². The third kappa shape index (κ3) is 5.05. The molecule has 0 aromatic heterocycles. The van der Waals surface area contributed by atoms with Crippen LogP contribution in [0.3, 0.4) is 0 Å². The third-order valence-corrected chi connectivity index (χ3v) is 4.84. The molecule has 0 aromatic carbocycles. The Balaban J connectivity index is 1.60. The van der Waals surface area contributed by atoms with Crippen LogP contribution in [0, 0.1) is 11.8 Å². The van der Waals surface area contributed by atoms with Gasteiger partial charge in [0.1, 0.15) is 0 Å². The summed E-state index contributed by atoms with van der Waals surface area (Å²) in [4.78, 5) is 2.53. The molecule has 1 aliphatic carbocycles. The highest BCUT2D eigenvalue weighted by Gasteiger charge is 2.23. The first-order chi connectivity index (χ1) is 9.15. The Morgan fingerprint density at radius 3 is 2.58 bits per heavy atom. The molecule has 1 unspecified atom stereocenters. The fourth-order valence-corrected chi connectivity index (χ4v) is 3.32. The molecule has 1 atom stereocenters. The molecule has 3 heteroatoms. The molecule has 3 nitrogen and oxygen atoms in total. The molecule has 112 valence electrons. The molecule has 2 aliphatic rings. The first-order valence-electron chi connectivity index (χ1n) is 8.21. The highest BCUT2D eigenvalue weighted by atomic mass is 16.5. The summed E-state index contributed by atoms with van der Waals surface area (Å²) in [7, 11) is 0. The highest BCUT2D eigenvalue weighted by Crippen LogP contribution is 2.27. The summed E-state index contributed by atoms with van der Waals surface area (Å²) < 4.78 is 5.86. The van der Waals surface area contributed by atoms with E-state index in [2.05, 4.69) is 31.0 Å². The Hall–Kier alpha value is -0.120. The lowest BCUT2D eigenvalue weighted by molar-refractivity contribution is -0.0375. The Bertz CT molecular complexity index is 249. The fraction of sp³-hybridized carbons (Fsp3) is 1.00. The van der Waals surface area contributed by atoms with Gasteiger partial charge in [0.15, 0.2) is 0 Å². The predicted molar refractivity (Wildman–Crippen MR) is 80.4 cm³/mol. The summed E-state index contributed by atoms with van der Waals surface area (Å²) in [5, 5.41) is 3.65. The fourth-order valence-electron chi connectivity index (χ4n) is 3.32. The molecule has 1 heterocycles. The molecule has 1 saturated carbocycles. The van der Waals surface area contributed by atoms with Gasteiger partial charge in [-0.3, -0.25) is 4.90 Å². The maximum Gasteiger partial charge on any atom is 0.0826 e. The molecule has 0 bridgehead atoms. The number of hydrogen-bond donors (Lipinski definition) is 1. The van der Waals surface area contributed by atoms with E-state index >= 15 is 0 Å². The van der Waals surface area contributed by atoms with Gasteiger partial charge < -0.3 is 10.1 Å². The van der Waals surface area contributed by atoms with Gasteiger partial charge >= 0.3 is 0 Å². The van der Waals surface area contributed by atoms with Gasteiger partial charge in [0.2, 0.25) is 0 Å². The van der Waals surface area contributed by atoms with Crippen molar-refractivity contribution in [3.05, 3.63) is 0 Å². The second-order valence-corrected chi connectivity index (χ2v) is 6.87. The zero-order valence-corrected chi connectivity index (χ0v) is 13.0. The maximum absolute atomic E-state index is 5.86. The first kappa shape index (κ1) is 15.3. The lowest BCUT2D eigenvalue weighted by atomic mass is 9.83. The Morgan fingerprint density at radius 1 is 1.16 bits per heavy atom. The van der Waals surface area contributed by atoms with Crippen LogP contribution in [0.15, 0.2) is 0 Å². The van der Waals surface area contributed by atoms with E-state index in [0.29, 0.717) is 12.1 Å². The van der Waals surface area contributed by atoms with Gasteiger partial charge in [0, 0.05) is 25.7 Å². The average Bonchev–Trinajstić information content (AvgIpc) is 2.41. The van der Waals surface area contributed by atoms with Crippen LogP contribution in [-0.4, -0.2) is 49.8 Å². The number of nitrogens with zero attached hydrogens (tertiary/aromatic N) is 1. The lowest BCUT2D eigenvalue weighted by Gasteiger charge is -2.36. The molecule has 0 radical (unpaired) electrons. The summed E-state index contributed by atoms with van der Waals surface area (Å²) in [5.74, 6) is 1.86. The van der Waals surface area contributed by atoms with Crippen molar-refractivity contribution < 1.29 is 4.74 Å². The average molecular weight is 268 g/mol. The second kappa shape index (κ2) is 7.61. The SMILES string of the molecule is CC1CCC(CNCC2CN(C(C)C)CCO2)CC1. The topological polar surface area (TPSA) is 24.5 Å². The monoisotopic (exact) mass is 268 g/mol. The Kier molecular flexibility index (Phi) is 6.11. The van der Waals surface area contributed by atoms with E-state index in [-0.39, 0.29) is 0 Å². The largest absolute Gasteiger partial charge is 0.374 e. The summed E-state index contributed by atoms with van der Waals surface area (Å²) >= 11 is 0. The van der Waals surface area contributed by atoms with Crippen LogP contribution >= 0.6 is 0 Å². The predicted octanol–water partition coefficient (Wildman–Crippen LogP) is 2.51. The van der Waals surface area contributed by atoms with Crippen molar-refractivity contribution in [2.24, 2.45) is 11.8 Å². The van der Waals surface area contributed by atoms with E-state index in [1.165, 1.54) is 32.2 Å². The number of morpholine rings is 1. The van der Waals surface area contributed by atoms with Crippen molar-refractivity contribution in [1.82, 2.24) is 10.2 Å². The smallest absolute Gasteiger partial charge is 0.0826 e. The van der Waals surface area contributed by atoms with E-state index < -0.39 is 0 Å². The summed E-state index contributed by atoms with van der Waals surface area (Å²) in [6.07, 6.45) is 6.06. The van der Waals surface area contributed by atoms with E-state index in [0.717, 1.165) is 38.1 Å². The van der Waals surface area contributed by atoms with Crippen LogP contribution in [0.5, 0.6) is 0 Å². The van der Waals surface area contributed by atoms with Crippen molar-refractivity contribution in [3.63, 3.8) is 0 Å². The molecule has 19 heavy (non-hydrogen) atoms. The second-order valence-electron chi connectivity index (χ2n) is 6.87. The normalized spacial score (nSPS) is 33.8. The minimum absolute atomic E-state index is 0.388. The number of hydrogen-bond acceptors (Lipinski definition) is 3. The van der Waals surface area contributed by atoms with Crippen LogP contribution in [-0.2, 0) is 4.74 Å². The zero-order chi connectivity index (χ0) is 13.7. The van der Waals surface area contributed by atoms with E-state index in [1.807, 2.05) is 0 Å². The van der Waals surface area contributed by atoms with E-state index in [1.54, 1.807) is 0 Å². The lowest BCUT2D eigenvalue weighted by Crippen LogP contribution is -2.49. The van der Waals surface area contributed by atoms with Crippen LogP contribution in [0.4, 0.5) is 0 Å². The summed E-state index contributed by atoms with van der Waals surface area (Å²) in [6.45, 7) is 12.2. The first-order valence-corrected chi connectivity index (χ1v) is 8.21. The van der Waals surface area contributed by atoms with Crippen LogP contribution in [0.1, 0.15) is 46.5 Å². The van der Waals surface area contributed by atoms with Crippen molar-refractivity contribution in [1.29, 1.82) is 0 Å². The van der Waals surface area contributed by atoms with E-state index in [4.69, 9.17) is 4.74 Å². The molecule has 0 spiro atoms. The van der Waals surface area contributed by atoms with Gasteiger partial charge in [-0.25, -0.2) is 0 Å². The molecule has 1 N–H and O–H groups in total. The molecule has 0 amide bonds. The van der Waals surface area contributed by atoms with Crippen molar-refractivity contribution in [3.8, 4) is 0 Å². The molecule has 0 aromatic rings. The molecule has 1 saturated heterocycles. The Morgan fingerprint density at radius 2 is 1.89 bits per heavy atom.